The van der Waals surface area contributed by atoms with E-state index in [9.17, 15) is 4.79 Å². The van der Waals surface area contributed by atoms with Crippen molar-refractivity contribution in [2.45, 2.75) is 13.0 Å². The molecule has 0 spiro atoms. The lowest BCUT2D eigenvalue weighted by Gasteiger charge is -2.24. The third-order valence-electron chi connectivity index (χ3n) is 6.30. The number of carbonyl (C=O) groups excluding carboxylic acids is 1. The van der Waals surface area contributed by atoms with Crippen molar-refractivity contribution in [2.75, 3.05) is 13.3 Å². The van der Waals surface area contributed by atoms with Crippen LogP contribution in [0, 0.1) is 0 Å². The van der Waals surface area contributed by atoms with E-state index in [0.717, 1.165) is 39.9 Å². The SMILES string of the molecule is O=C(c1ccc2ncccc2c1)N(CCc1c[nH]c2ccccc12)Cc1cccc2c1OCO2. The molecule has 0 saturated heterocycles. The van der Waals surface area contributed by atoms with Gasteiger partial charge in [0.1, 0.15) is 0 Å². The van der Waals surface area contributed by atoms with E-state index in [1.807, 2.05) is 71.8 Å². The first kappa shape index (κ1) is 20.3. The zero-order valence-electron chi connectivity index (χ0n) is 18.5. The highest BCUT2D eigenvalue weighted by atomic mass is 16.7. The number of amides is 1. The Morgan fingerprint density at radius 2 is 1.91 bits per heavy atom. The van der Waals surface area contributed by atoms with E-state index >= 15 is 0 Å². The Kier molecular flexibility index (Phi) is 5.11. The van der Waals surface area contributed by atoms with E-state index in [2.05, 4.69) is 22.1 Å². The normalized spacial score (nSPS) is 12.4. The molecule has 3 aromatic carbocycles. The Hall–Kier alpha value is -4.32. The van der Waals surface area contributed by atoms with Crippen LogP contribution in [0.15, 0.2) is 85.2 Å². The number of aromatic amines is 1. The van der Waals surface area contributed by atoms with Gasteiger partial charge in [-0.3, -0.25) is 9.78 Å². The number of rotatable bonds is 6. The third-order valence-corrected chi connectivity index (χ3v) is 6.30. The topological polar surface area (TPSA) is 67.5 Å². The lowest BCUT2D eigenvalue weighted by molar-refractivity contribution is 0.0744. The molecule has 6 heteroatoms. The fourth-order valence-electron chi connectivity index (χ4n) is 4.56. The highest BCUT2D eigenvalue weighted by Gasteiger charge is 2.23. The third kappa shape index (κ3) is 3.73. The van der Waals surface area contributed by atoms with Crippen molar-refractivity contribution < 1.29 is 14.3 Å². The molecule has 1 aliphatic heterocycles. The Labute approximate surface area is 196 Å². The standard InChI is InChI=1S/C28H23N3O3/c32-28(20-10-11-24-19(15-20)6-4-13-29-24)31(17-22-5-3-9-26-27(22)34-18-33-26)14-12-21-16-30-25-8-2-1-7-23(21)25/h1-11,13,15-16,30H,12,14,17-18H2. The van der Waals surface area contributed by atoms with Crippen molar-refractivity contribution in [1.29, 1.82) is 0 Å². The van der Waals surface area contributed by atoms with E-state index < -0.39 is 0 Å². The summed E-state index contributed by atoms with van der Waals surface area (Å²) < 4.78 is 11.3. The average Bonchev–Trinajstić information content (AvgIpc) is 3.53. The van der Waals surface area contributed by atoms with Crippen molar-refractivity contribution in [3.63, 3.8) is 0 Å². The molecule has 2 aromatic heterocycles. The van der Waals surface area contributed by atoms with Gasteiger partial charge in [0, 0.05) is 52.9 Å². The van der Waals surface area contributed by atoms with Gasteiger partial charge in [-0.2, -0.15) is 0 Å². The van der Waals surface area contributed by atoms with Gasteiger partial charge < -0.3 is 19.4 Å². The van der Waals surface area contributed by atoms with Crippen molar-refractivity contribution in [1.82, 2.24) is 14.9 Å². The number of ether oxygens (including phenoxy) is 2. The van der Waals surface area contributed by atoms with Crippen LogP contribution >= 0.6 is 0 Å². The Morgan fingerprint density at radius 3 is 2.88 bits per heavy atom. The number of nitrogens with one attached hydrogen (secondary N) is 1. The predicted octanol–water partition coefficient (Wildman–Crippen LogP) is 5.33. The fraction of sp³-hybridized carbons (Fsp3) is 0.143. The molecule has 1 amide bonds. The molecule has 0 bridgehead atoms. The zero-order valence-corrected chi connectivity index (χ0v) is 18.5. The fourth-order valence-corrected chi connectivity index (χ4v) is 4.56. The van der Waals surface area contributed by atoms with Crippen molar-refractivity contribution in [3.05, 3.63) is 102 Å². The largest absolute Gasteiger partial charge is 0.454 e. The first-order chi connectivity index (χ1) is 16.8. The number of pyridine rings is 1. The zero-order chi connectivity index (χ0) is 22.9. The molecule has 0 aliphatic carbocycles. The lowest BCUT2D eigenvalue weighted by Crippen LogP contribution is -2.32. The van der Waals surface area contributed by atoms with Crippen molar-refractivity contribution >= 4 is 27.7 Å². The average molecular weight is 450 g/mol. The molecule has 6 rings (SSSR count). The Morgan fingerprint density at radius 1 is 0.971 bits per heavy atom. The van der Waals surface area contributed by atoms with Crippen LogP contribution in [0.3, 0.4) is 0 Å². The molecule has 0 radical (unpaired) electrons. The van der Waals surface area contributed by atoms with Crippen LogP contribution < -0.4 is 9.47 Å². The molecule has 0 unspecified atom stereocenters. The van der Waals surface area contributed by atoms with Gasteiger partial charge in [-0.05, 0) is 48.4 Å². The lowest BCUT2D eigenvalue weighted by atomic mass is 10.1. The van der Waals surface area contributed by atoms with Crippen LogP contribution in [0.2, 0.25) is 0 Å². The number of benzene rings is 3. The summed E-state index contributed by atoms with van der Waals surface area (Å²) in [6, 6.07) is 23.6. The molecule has 0 fully saturated rings. The number of H-pyrrole nitrogens is 1. The monoisotopic (exact) mass is 449 g/mol. The first-order valence-corrected chi connectivity index (χ1v) is 11.3. The van der Waals surface area contributed by atoms with Crippen molar-refractivity contribution in [3.8, 4) is 11.5 Å². The van der Waals surface area contributed by atoms with Crippen LogP contribution in [0.5, 0.6) is 11.5 Å². The smallest absolute Gasteiger partial charge is 0.254 e. The molecule has 0 atom stereocenters. The number of carbonyl (C=O) groups is 1. The number of hydrogen-bond acceptors (Lipinski definition) is 4. The molecule has 0 saturated carbocycles. The van der Waals surface area contributed by atoms with Gasteiger partial charge in [0.25, 0.3) is 5.91 Å². The highest BCUT2D eigenvalue weighted by Crippen LogP contribution is 2.36. The molecule has 3 heterocycles. The number of nitrogens with zero attached hydrogens (tertiary/aromatic N) is 2. The van der Waals surface area contributed by atoms with E-state index in [0.29, 0.717) is 18.7 Å². The quantitative estimate of drug-likeness (QED) is 0.381. The molecule has 5 aromatic rings. The maximum atomic E-state index is 13.7. The highest BCUT2D eigenvalue weighted by molar-refractivity contribution is 5.98. The Balaban J connectivity index is 1.32. The van der Waals surface area contributed by atoms with E-state index in [1.54, 1.807) is 6.20 Å². The molecular formula is C28H23N3O3. The molecular weight excluding hydrogens is 426 g/mol. The van der Waals surface area contributed by atoms with Crippen LogP contribution in [-0.2, 0) is 13.0 Å². The number of aromatic nitrogens is 2. The minimum absolute atomic E-state index is 0.0258. The maximum Gasteiger partial charge on any atom is 0.254 e. The van der Waals surface area contributed by atoms with Gasteiger partial charge in [0.05, 0.1) is 5.52 Å². The second-order valence-electron chi connectivity index (χ2n) is 8.40. The van der Waals surface area contributed by atoms with Gasteiger partial charge in [-0.15, -0.1) is 0 Å². The molecule has 6 nitrogen and oxygen atoms in total. The van der Waals surface area contributed by atoms with E-state index in [-0.39, 0.29) is 12.7 Å². The van der Waals surface area contributed by atoms with Gasteiger partial charge in [-0.25, -0.2) is 0 Å². The summed E-state index contributed by atoms with van der Waals surface area (Å²) >= 11 is 0. The number of para-hydroxylation sites is 2. The summed E-state index contributed by atoms with van der Waals surface area (Å²) in [5.41, 5.74) is 4.74. The van der Waals surface area contributed by atoms with Crippen LogP contribution in [0.4, 0.5) is 0 Å². The molecule has 1 N–H and O–H groups in total. The predicted molar refractivity (Wildman–Crippen MR) is 131 cm³/mol. The summed E-state index contributed by atoms with van der Waals surface area (Å²) in [5, 5.41) is 2.13. The minimum atomic E-state index is -0.0258. The summed E-state index contributed by atoms with van der Waals surface area (Å²) in [6.45, 7) is 1.20. The van der Waals surface area contributed by atoms with Crippen molar-refractivity contribution in [2.24, 2.45) is 0 Å². The minimum Gasteiger partial charge on any atom is -0.454 e. The van der Waals surface area contributed by atoms with Gasteiger partial charge >= 0.3 is 0 Å². The van der Waals surface area contributed by atoms with Crippen LogP contribution in [0.1, 0.15) is 21.5 Å². The molecule has 34 heavy (non-hydrogen) atoms. The van der Waals surface area contributed by atoms with Crippen LogP contribution in [-0.4, -0.2) is 34.1 Å². The second kappa shape index (κ2) is 8.56. The van der Waals surface area contributed by atoms with Gasteiger partial charge in [0.2, 0.25) is 6.79 Å². The Bertz CT molecular complexity index is 1510. The van der Waals surface area contributed by atoms with Crippen LogP contribution in [0.25, 0.3) is 21.8 Å². The van der Waals surface area contributed by atoms with E-state index in [1.165, 1.54) is 10.9 Å². The maximum absolute atomic E-state index is 13.7. The summed E-state index contributed by atoms with van der Waals surface area (Å²) in [6.07, 6.45) is 4.53. The number of hydrogen-bond donors (Lipinski definition) is 1. The summed E-state index contributed by atoms with van der Waals surface area (Å²) in [7, 11) is 0. The second-order valence-corrected chi connectivity index (χ2v) is 8.40. The molecule has 1 aliphatic rings. The summed E-state index contributed by atoms with van der Waals surface area (Å²) in [4.78, 5) is 23.3. The summed E-state index contributed by atoms with van der Waals surface area (Å²) in [5.74, 6) is 1.41. The van der Waals surface area contributed by atoms with Gasteiger partial charge in [0.15, 0.2) is 11.5 Å². The number of fused-ring (bicyclic) bond motifs is 3. The van der Waals surface area contributed by atoms with Gasteiger partial charge in [-0.1, -0.05) is 36.4 Å². The van der Waals surface area contributed by atoms with E-state index in [4.69, 9.17) is 9.47 Å². The molecule has 168 valence electrons. The first-order valence-electron chi connectivity index (χ1n) is 11.3.